The number of nitrogens with one attached hydrogen (secondary N) is 1. The van der Waals surface area contributed by atoms with Gasteiger partial charge in [0, 0.05) is 5.69 Å². The Labute approximate surface area is 117 Å². The van der Waals surface area contributed by atoms with Crippen molar-refractivity contribution >= 4 is 11.8 Å². The Morgan fingerprint density at radius 3 is 2.60 bits per heavy atom. The van der Waals surface area contributed by atoms with E-state index in [0.29, 0.717) is 18.2 Å². The summed E-state index contributed by atoms with van der Waals surface area (Å²) in [6.45, 7) is 4.39. The Morgan fingerprint density at radius 2 is 1.95 bits per heavy atom. The molecule has 3 rings (SSSR count). The van der Waals surface area contributed by atoms with Crippen LogP contribution in [0.3, 0.4) is 0 Å². The number of anilines is 1. The van der Waals surface area contributed by atoms with E-state index in [1.807, 2.05) is 0 Å². The van der Waals surface area contributed by atoms with Crippen molar-refractivity contribution in [2.75, 3.05) is 24.6 Å². The fraction of sp³-hybridized carbons (Fsp3) is 0.533. The van der Waals surface area contributed by atoms with E-state index in [2.05, 4.69) is 12.2 Å². The van der Waals surface area contributed by atoms with E-state index in [4.69, 9.17) is 4.74 Å². The maximum absolute atomic E-state index is 13.1. The normalized spacial score (nSPS) is 27.7. The highest BCUT2D eigenvalue weighted by atomic mass is 19.1. The highest BCUT2D eigenvalue weighted by molar-refractivity contribution is 5.91. The maximum atomic E-state index is 13.1. The lowest BCUT2D eigenvalue weighted by Gasteiger charge is -2.41. The summed E-state index contributed by atoms with van der Waals surface area (Å²) >= 11 is 0. The number of ether oxygens (including phenoxy) is 1. The molecule has 1 aromatic carbocycles. The van der Waals surface area contributed by atoms with Crippen molar-refractivity contribution in [1.82, 2.24) is 5.32 Å². The van der Waals surface area contributed by atoms with Gasteiger partial charge in [-0.05, 0) is 63.0 Å². The van der Waals surface area contributed by atoms with Crippen molar-refractivity contribution in [3.05, 3.63) is 30.1 Å². The first-order chi connectivity index (χ1) is 9.61. The summed E-state index contributed by atoms with van der Waals surface area (Å²) < 4.78 is 18.4. The van der Waals surface area contributed by atoms with Crippen LogP contribution in [0.1, 0.15) is 19.8 Å². The molecular weight excluding hydrogens is 259 g/mol. The highest BCUT2D eigenvalue weighted by Crippen LogP contribution is 2.39. The quantitative estimate of drug-likeness (QED) is 0.904. The topological polar surface area (TPSA) is 41.6 Å². The summed E-state index contributed by atoms with van der Waals surface area (Å²) in [5.41, 5.74) is 0.353. The molecule has 2 aliphatic rings. The number of halogens is 1. The van der Waals surface area contributed by atoms with Crippen LogP contribution in [-0.2, 0) is 4.74 Å². The Bertz CT molecular complexity index is 499. The molecule has 1 N–H and O–H groups in total. The zero-order chi connectivity index (χ0) is 14.2. The first-order valence-corrected chi connectivity index (χ1v) is 7.04. The van der Waals surface area contributed by atoms with Crippen molar-refractivity contribution in [1.29, 1.82) is 0 Å². The molecule has 4 nitrogen and oxygen atoms in total. The number of rotatable bonds is 2. The van der Waals surface area contributed by atoms with Gasteiger partial charge in [0.05, 0.1) is 5.54 Å². The van der Waals surface area contributed by atoms with E-state index in [0.717, 1.165) is 25.9 Å². The number of hydrogen-bond donors (Lipinski definition) is 1. The van der Waals surface area contributed by atoms with Crippen molar-refractivity contribution in [2.45, 2.75) is 25.3 Å². The number of cyclic esters (lactones) is 1. The maximum Gasteiger partial charge on any atom is 0.415 e. The molecular formula is C15H19FN2O2. The van der Waals surface area contributed by atoms with Crippen LogP contribution in [0.2, 0.25) is 0 Å². The van der Waals surface area contributed by atoms with Gasteiger partial charge in [-0.3, -0.25) is 4.90 Å². The van der Waals surface area contributed by atoms with Gasteiger partial charge in [0.15, 0.2) is 0 Å². The SMILES string of the molecule is CC1(C2CCNCC2)COC(=O)N1c1ccc(F)cc1. The van der Waals surface area contributed by atoms with Gasteiger partial charge in [0.1, 0.15) is 12.4 Å². The minimum atomic E-state index is -0.350. The van der Waals surface area contributed by atoms with Crippen LogP contribution in [0, 0.1) is 11.7 Å². The fourth-order valence-electron chi connectivity index (χ4n) is 3.28. The van der Waals surface area contributed by atoms with Crippen molar-refractivity contribution in [3.63, 3.8) is 0 Å². The molecule has 0 saturated carbocycles. The Hall–Kier alpha value is -1.62. The number of piperidine rings is 1. The monoisotopic (exact) mass is 278 g/mol. The second-order valence-electron chi connectivity index (χ2n) is 5.75. The Kier molecular flexibility index (Phi) is 3.38. The van der Waals surface area contributed by atoms with Gasteiger partial charge in [-0.15, -0.1) is 0 Å². The van der Waals surface area contributed by atoms with Crippen LogP contribution in [0.15, 0.2) is 24.3 Å². The smallest absolute Gasteiger partial charge is 0.415 e. The largest absolute Gasteiger partial charge is 0.447 e. The number of amides is 1. The van der Waals surface area contributed by atoms with Crippen LogP contribution in [0.25, 0.3) is 0 Å². The van der Waals surface area contributed by atoms with Crippen LogP contribution < -0.4 is 10.2 Å². The third-order valence-corrected chi connectivity index (χ3v) is 4.48. The summed E-state index contributed by atoms with van der Waals surface area (Å²) in [4.78, 5) is 13.8. The molecule has 0 spiro atoms. The minimum Gasteiger partial charge on any atom is -0.447 e. The molecule has 0 aromatic heterocycles. The summed E-state index contributed by atoms with van der Waals surface area (Å²) in [6, 6.07) is 6.04. The first kappa shape index (κ1) is 13.4. The van der Waals surface area contributed by atoms with Gasteiger partial charge in [0.25, 0.3) is 0 Å². The molecule has 0 bridgehead atoms. The third kappa shape index (κ3) is 2.16. The van der Waals surface area contributed by atoms with E-state index in [1.54, 1.807) is 17.0 Å². The number of benzene rings is 1. The summed E-state index contributed by atoms with van der Waals surface area (Å²) in [6.07, 6.45) is 1.70. The number of nitrogens with zero attached hydrogens (tertiary/aromatic N) is 1. The summed E-state index contributed by atoms with van der Waals surface area (Å²) in [7, 11) is 0. The predicted octanol–water partition coefficient (Wildman–Crippen LogP) is 2.54. The average molecular weight is 278 g/mol. The molecule has 1 aromatic rings. The third-order valence-electron chi connectivity index (χ3n) is 4.48. The van der Waals surface area contributed by atoms with E-state index < -0.39 is 0 Å². The summed E-state index contributed by atoms with van der Waals surface area (Å²) in [5, 5.41) is 3.33. The van der Waals surface area contributed by atoms with Gasteiger partial charge < -0.3 is 10.1 Å². The molecule has 108 valence electrons. The average Bonchev–Trinajstić information content (AvgIpc) is 2.78. The lowest BCUT2D eigenvalue weighted by atomic mass is 9.79. The van der Waals surface area contributed by atoms with Gasteiger partial charge in [-0.2, -0.15) is 0 Å². The number of hydrogen-bond acceptors (Lipinski definition) is 3. The van der Waals surface area contributed by atoms with Crippen molar-refractivity contribution in [3.8, 4) is 0 Å². The fourth-order valence-corrected chi connectivity index (χ4v) is 3.28. The molecule has 5 heteroatoms. The second-order valence-corrected chi connectivity index (χ2v) is 5.75. The molecule has 2 fully saturated rings. The van der Waals surface area contributed by atoms with E-state index >= 15 is 0 Å². The molecule has 1 amide bonds. The van der Waals surface area contributed by atoms with Crippen molar-refractivity contribution < 1.29 is 13.9 Å². The Balaban J connectivity index is 1.92. The van der Waals surface area contributed by atoms with Gasteiger partial charge in [-0.1, -0.05) is 0 Å². The first-order valence-electron chi connectivity index (χ1n) is 7.04. The molecule has 1 unspecified atom stereocenters. The van der Waals surface area contributed by atoms with Gasteiger partial charge >= 0.3 is 6.09 Å². The molecule has 0 aliphatic carbocycles. The van der Waals surface area contributed by atoms with Gasteiger partial charge in [-0.25, -0.2) is 9.18 Å². The lowest BCUT2D eigenvalue weighted by molar-refractivity contribution is 0.156. The van der Waals surface area contributed by atoms with Crippen molar-refractivity contribution in [2.24, 2.45) is 5.92 Å². The van der Waals surface area contributed by atoms with Crippen LogP contribution in [-0.4, -0.2) is 31.3 Å². The molecule has 2 aliphatic heterocycles. The van der Waals surface area contributed by atoms with Crippen LogP contribution >= 0.6 is 0 Å². The molecule has 20 heavy (non-hydrogen) atoms. The lowest BCUT2D eigenvalue weighted by Crippen LogP contribution is -2.53. The molecule has 2 heterocycles. The van der Waals surface area contributed by atoms with E-state index in [1.165, 1.54) is 12.1 Å². The van der Waals surface area contributed by atoms with Crippen LogP contribution in [0.5, 0.6) is 0 Å². The van der Waals surface area contributed by atoms with Crippen LogP contribution in [0.4, 0.5) is 14.9 Å². The molecule has 0 radical (unpaired) electrons. The number of carbonyl (C=O) groups excluding carboxylic acids is 1. The molecule has 1 atom stereocenters. The van der Waals surface area contributed by atoms with Gasteiger partial charge in [0.2, 0.25) is 0 Å². The summed E-state index contributed by atoms with van der Waals surface area (Å²) in [5.74, 6) is 0.0881. The Morgan fingerprint density at radius 1 is 1.30 bits per heavy atom. The van der Waals surface area contributed by atoms with E-state index in [9.17, 15) is 9.18 Å². The zero-order valence-corrected chi connectivity index (χ0v) is 11.6. The number of carbonyl (C=O) groups is 1. The van der Waals surface area contributed by atoms with E-state index in [-0.39, 0.29) is 17.4 Å². The predicted molar refractivity (Wildman–Crippen MR) is 74.2 cm³/mol. The standard InChI is InChI=1S/C15H19FN2O2/c1-15(11-6-8-17-9-7-11)10-20-14(19)18(15)13-4-2-12(16)3-5-13/h2-5,11,17H,6-10H2,1H3. The second kappa shape index (κ2) is 5.05. The molecule has 2 saturated heterocycles. The minimum absolute atomic E-state index is 0.301. The highest BCUT2D eigenvalue weighted by Gasteiger charge is 2.49. The zero-order valence-electron chi connectivity index (χ0n) is 11.6.